The molecule has 1 saturated heterocycles. The molecule has 1 heterocycles. The van der Waals surface area contributed by atoms with Crippen LogP contribution >= 0.6 is 0 Å². The van der Waals surface area contributed by atoms with Crippen LogP contribution in [0.25, 0.3) is 5.57 Å². The van der Waals surface area contributed by atoms with Gasteiger partial charge in [0.1, 0.15) is 0 Å². The zero-order chi connectivity index (χ0) is 21.1. The monoisotopic (exact) mass is 565 g/mol. The molecule has 0 saturated carbocycles. The van der Waals surface area contributed by atoms with E-state index in [-0.39, 0.29) is 0 Å². The van der Waals surface area contributed by atoms with Gasteiger partial charge in [-0.2, -0.15) is 0 Å². The summed E-state index contributed by atoms with van der Waals surface area (Å²) in [6, 6.07) is 10.7. The van der Waals surface area contributed by atoms with Crippen LogP contribution in [0.4, 0.5) is 0 Å². The Hall–Kier alpha value is -1.28. The van der Waals surface area contributed by atoms with E-state index in [1.165, 1.54) is 41.6 Å². The molecule has 0 bridgehead atoms. The SMILES string of the molecule is CCO[C](=[W])C(=C/N1CCOCC1)/C(=C/[C@@H](C)CCC=C(C)C)c1ccccc1. The summed E-state index contributed by atoms with van der Waals surface area (Å²) in [5, 5.41) is 0. The maximum atomic E-state index is 6.02. The molecule has 1 atom stereocenters. The molecule has 1 fully saturated rings. The maximum absolute atomic E-state index is 6.02. The fourth-order valence-corrected chi connectivity index (χ4v) is 4.30. The van der Waals surface area contributed by atoms with E-state index in [2.05, 4.69) is 81.3 Å². The first-order chi connectivity index (χ1) is 14.0. The van der Waals surface area contributed by atoms with E-state index in [4.69, 9.17) is 9.47 Å². The Morgan fingerprint density at radius 1 is 1.21 bits per heavy atom. The average Bonchev–Trinajstić information content (AvgIpc) is 2.72. The fourth-order valence-electron chi connectivity index (χ4n) is 3.29. The number of ether oxygens (including phenoxy) is 2. The van der Waals surface area contributed by atoms with Crippen LogP contribution in [0, 0.1) is 5.92 Å². The summed E-state index contributed by atoms with van der Waals surface area (Å²) in [5.74, 6) is 0.485. The number of rotatable bonds is 10. The van der Waals surface area contributed by atoms with Gasteiger partial charge in [0, 0.05) is 0 Å². The van der Waals surface area contributed by atoms with Crippen molar-refractivity contribution in [1.29, 1.82) is 0 Å². The summed E-state index contributed by atoms with van der Waals surface area (Å²) in [6.07, 6.45) is 9.32. The van der Waals surface area contributed by atoms with Crippen molar-refractivity contribution in [3.63, 3.8) is 0 Å². The van der Waals surface area contributed by atoms with Crippen molar-refractivity contribution < 1.29 is 28.8 Å². The van der Waals surface area contributed by atoms with Crippen LogP contribution in [0.5, 0.6) is 0 Å². The molecule has 0 aromatic heterocycles. The number of morpholine rings is 1. The van der Waals surface area contributed by atoms with Crippen LogP contribution in [0.3, 0.4) is 0 Å². The molecule has 1 aromatic rings. The number of nitrogens with zero attached hydrogens (tertiary/aromatic N) is 1. The molecule has 3 nitrogen and oxygen atoms in total. The number of allylic oxidation sites excluding steroid dienone is 3. The predicted octanol–water partition coefficient (Wildman–Crippen LogP) is 5.38. The van der Waals surface area contributed by atoms with Crippen molar-refractivity contribution in [1.82, 2.24) is 4.90 Å². The number of benzene rings is 1. The summed E-state index contributed by atoms with van der Waals surface area (Å²) in [4.78, 5) is 2.37. The van der Waals surface area contributed by atoms with Crippen molar-refractivity contribution in [2.75, 3.05) is 32.9 Å². The second-order valence-corrected chi connectivity index (χ2v) is 9.03. The third-order valence-corrected chi connectivity index (χ3v) is 6.07. The van der Waals surface area contributed by atoms with Crippen LogP contribution in [0.2, 0.25) is 0 Å². The second kappa shape index (κ2) is 13.1. The Kier molecular flexibility index (Phi) is 10.8. The predicted molar refractivity (Wildman–Crippen MR) is 119 cm³/mol. The molecule has 0 spiro atoms. The standard InChI is InChI=1S/C25H35NO2.W/c1-5-27-20-24(19-26-14-16-28-17-15-26)25(23-12-7-6-8-13-23)18-22(4)11-9-10-21(2)3;/h6-8,10,12-13,18-19,22H,5,9,11,14-17H2,1-4H3;/b24-19-,25-18+;/t22-;/m0./s1. The first kappa shape index (κ1) is 24.0. The van der Waals surface area contributed by atoms with Gasteiger partial charge in [0.2, 0.25) is 0 Å². The zero-order valence-electron chi connectivity index (χ0n) is 18.3. The van der Waals surface area contributed by atoms with Gasteiger partial charge in [0.25, 0.3) is 0 Å². The van der Waals surface area contributed by atoms with E-state index in [0.717, 1.165) is 43.2 Å². The van der Waals surface area contributed by atoms with Gasteiger partial charge in [-0.3, -0.25) is 0 Å². The Morgan fingerprint density at radius 3 is 2.52 bits per heavy atom. The third-order valence-electron chi connectivity index (χ3n) is 4.85. The molecule has 0 amide bonds. The summed E-state index contributed by atoms with van der Waals surface area (Å²) in [5.41, 5.74) is 5.13. The molecule has 0 aliphatic carbocycles. The summed E-state index contributed by atoms with van der Waals surface area (Å²) in [7, 11) is 0. The summed E-state index contributed by atoms with van der Waals surface area (Å²) < 4.78 is 12.6. The number of hydrogen-bond donors (Lipinski definition) is 0. The second-order valence-electron chi connectivity index (χ2n) is 7.69. The summed E-state index contributed by atoms with van der Waals surface area (Å²) >= 11 is 1.36. The molecular formula is C25H35NO2W. The van der Waals surface area contributed by atoms with Crippen LogP contribution in [0.15, 0.2) is 59.8 Å². The van der Waals surface area contributed by atoms with Gasteiger partial charge >= 0.3 is 188 Å². The average molecular weight is 565 g/mol. The normalized spacial score (nSPS) is 16.5. The molecule has 2 rings (SSSR count). The van der Waals surface area contributed by atoms with E-state index in [1.54, 1.807) is 0 Å². The first-order valence-corrected chi connectivity index (χ1v) is 12.1. The molecule has 1 aromatic carbocycles. The van der Waals surface area contributed by atoms with Crippen molar-refractivity contribution in [2.24, 2.45) is 5.92 Å². The topological polar surface area (TPSA) is 21.7 Å². The van der Waals surface area contributed by atoms with E-state index in [0.29, 0.717) is 12.5 Å². The van der Waals surface area contributed by atoms with Crippen molar-refractivity contribution in [2.45, 2.75) is 40.5 Å². The van der Waals surface area contributed by atoms with E-state index in [9.17, 15) is 0 Å². The molecule has 0 radical (unpaired) electrons. The molecular weight excluding hydrogens is 530 g/mol. The van der Waals surface area contributed by atoms with Crippen molar-refractivity contribution in [3.8, 4) is 0 Å². The van der Waals surface area contributed by atoms with Crippen LogP contribution in [-0.4, -0.2) is 41.9 Å². The van der Waals surface area contributed by atoms with Gasteiger partial charge in [0.15, 0.2) is 0 Å². The molecule has 158 valence electrons. The molecule has 0 N–H and O–H groups in total. The Morgan fingerprint density at radius 2 is 1.90 bits per heavy atom. The zero-order valence-corrected chi connectivity index (χ0v) is 21.3. The van der Waals surface area contributed by atoms with Crippen LogP contribution in [0.1, 0.15) is 46.1 Å². The van der Waals surface area contributed by atoms with Gasteiger partial charge in [-0.15, -0.1) is 0 Å². The van der Waals surface area contributed by atoms with Crippen molar-refractivity contribution in [3.05, 3.63) is 65.4 Å². The van der Waals surface area contributed by atoms with Gasteiger partial charge < -0.3 is 0 Å². The number of hydrogen-bond acceptors (Lipinski definition) is 3. The Balaban J connectivity index is 2.40. The van der Waals surface area contributed by atoms with Crippen LogP contribution in [-0.2, 0) is 28.8 Å². The fraction of sp³-hybridized carbons (Fsp3) is 0.480. The Bertz CT molecular complexity index is 726. The first-order valence-electron chi connectivity index (χ1n) is 10.6. The molecule has 1 aliphatic rings. The molecule has 0 unspecified atom stereocenters. The van der Waals surface area contributed by atoms with Crippen LogP contribution < -0.4 is 0 Å². The van der Waals surface area contributed by atoms with E-state index >= 15 is 0 Å². The van der Waals surface area contributed by atoms with Gasteiger partial charge in [0.05, 0.1) is 0 Å². The van der Waals surface area contributed by atoms with Crippen molar-refractivity contribution >= 4 is 9.66 Å². The van der Waals surface area contributed by atoms with Gasteiger partial charge in [-0.25, -0.2) is 0 Å². The minimum atomic E-state index is 0.485. The summed E-state index contributed by atoms with van der Waals surface area (Å²) in [6.45, 7) is 12.8. The third kappa shape index (κ3) is 8.54. The van der Waals surface area contributed by atoms with E-state index in [1.807, 2.05) is 0 Å². The van der Waals surface area contributed by atoms with E-state index < -0.39 is 0 Å². The quantitative estimate of drug-likeness (QED) is 0.281. The molecule has 4 heteroatoms. The molecule has 1 aliphatic heterocycles. The van der Waals surface area contributed by atoms with Gasteiger partial charge in [-0.1, -0.05) is 0 Å². The molecule has 29 heavy (non-hydrogen) atoms. The minimum absolute atomic E-state index is 0.485. The Labute approximate surface area is 187 Å². The van der Waals surface area contributed by atoms with Gasteiger partial charge in [-0.05, 0) is 0 Å².